The van der Waals surface area contributed by atoms with Crippen molar-refractivity contribution in [1.29, 1.82) is 0 Å². The molecule has 0 nitrogen and oxygen atoms in total. The number of benzene rings is 2. The minimum atomic E-state index is -4.54. The average Bonchev–Trinajstić information content (AvgIpc) is 3.27. The molecule has 2 aliphatic carbocycles. The van der Waals surface area contributed by atoms with Crippen molar-refractivity contribution in [2.24, 2.45) is 0 Å². The van der Waals surface area contributed by atoms with Crippen LogP contribution in [0.3, 0.4) is 0 Å². The zero-order chi connectivity index (χ0) is 23.3. The van der Waals surface area contributed by atoms with Crippen LogP contribution in [-0.4, -0.2) is 5.92 Å². The van der Waals surface area contributed by atoms with E-state index in [1.807, 2.05) is 0 Å². The van der Waals surface area contributed by atoms with Crippen LogP contribution >= 0.6 is 17.0 Å². The van der Waals surface area contributed by atoms with Crippen LogP contribution in [0.5, 0.6) is 0 Å². The summed E-state index contributed by atoms with van der Waals surface area (Å²) in [6.07, 6.45) is 7.18. The van der Waals surface area contributed by atoms with E-state index in [9.17, 15) is 0 Å². The number of hydrogen-bond donors (Lipinski definition) is 0. The van der Waals surface area contributed by atoms with E-state index in [0.717, 1.165) is 0 Å². The van der Waals surface area contributed by atoms with E-state index in [2.05, 4.69) is 90.1 Å². The van der Waals surface area contributed by atoms with Crippen LogP contribution in [0.25, 0.3) is 12.2 Å². The van der Waals surface area contributed by atoms with E-state index in [1.54, 1.807) is 0 Å². The van der Waals surface area contributed by atoms with Gasteiger partial charge in [-0.15, -0.1) is 0 Å². The third-order valence-electron chi connectivity index (χ3n) is 8.15. The summed E-state index contributed by atoms with van der Waals surface area (Å²) in [6.45, 7) is 13.7. The van der Waals surface area contributed by atoms with Gasteiger partial charge in [-0.1, -0.05) is 0 Å². The number of fused-ring (bicyclic) bond motifs is 2. The topological polar surface area (TPSA) is 0 Å². The molecule has 0 amide bonds. The van der Waals surface area contributed by atoms with Crippen LogP contribution < -0.4 is 0 Å². The first-order chi connectivity index (χ1) is 15.1. The maximum atomic E-state index is 8.44. The first-order valence-electron chi connectivity index (χ1n) is 12.3. The van der Waals surface area contributed by atoms with Gasteiger partial charge in [-0.05, 0) is 0 Å². The SMILES string of the molecule is CCC[SiH](CCC)[Zr]([Cl])([Cl])([CH]1C(C)=Cc2c(C)cccc21)[CH]1C(C)=Cc2c(C)cccc21. The molecule has 171 valence electrons. The van der Waals surface area contributed by atoms with Gasteiger partial charge in [0.25, 0.3) is 0 Å². The molecule has 0 aliphatic heterocycles. The average molecular weight is 564 g/mol. The van der Waals surface area contributed by atoms with E-state index < -0.39 is 21.5 Å². The summed E-state index contributed by atoms with van der Waals surface area (Å²) < 4.78 is 0.452. The summed E-state index contributed by atoms with van der Waals surface area (Å²) in [5.74, 6) is -1.45. The van der Waals surface area contributed by atoms with Crippen molar-refractivity contribution in [3.8, 4) is 0 Å². The Morgan fingerprint density at radius 1 is 0.719 bits per heavy atom. The summed E-state index contributed by atoms with van der Waals surface area (Å²) >= 11 is -4.54. The van der Waals surface area contributed by atoms with Gasteiger partial charge in [-0.25, -0.2) is 0 Å². The Morgan fingerprint density at radius 2 is 1.12 bits per heavy atom. The van der Waals surface area contributed by atoms with Crippen LogP contribution in [-0.2, 0) is 15.6 Å². The number of halogens is 2. The molecule has 0 heterocycles. The fourth-order valence-electron chi connectivity index (χ4n) is 6.91. The molecule has 0 saturated carbocycles. The Balaban J connectivity index is 2.04. The summed E-state index contributed by atoms with van der Waals surface area (Å²) in [5.41, 5.74) is 11.1. The summed E-state index contributed by atoms with van der Waals surface area (Å²) in [4.78, 5) is 0. The molecular formula is C28H37Cl2SiZr. The van der Waals surface area contributed by atoms with Crippen LogP contribution in [0.2, 0.25) is 12.1 Å². The molecule has 0 radical (unpaired) electrons. The van der Waals surface area contributed by atoms with E-state index in [-0.39, 0.29) is 7.25 Å². The van der Waals surface area contributed by atoms with Gasteiger partial charge in [-0.3, -0.25) is 0 Å². The predicted molar refractivity (Wildman–Crippen MR) is 144 cm³/mol. The van der Waals surface area contributed by atoms with E-state index in [1.165, 1.54) is 69.5 Å². The third kappa shape index (κ3) is 3.64. The Hall–Kier alpha value is -0.400. The van der Waals surface area contributed by atoms with Crippen molar-refractivity contribution < 1.29 is 15.6 Å². The number of rotatable bonds is 7. The number of aryl methyl sites for hydroxylation is 2. The second kappa shape index (κ2) is 8.99. The quantitative estimate of drug-likeness (QED) is 0.294. The molecule has 0 saturated heterocycles. The second-order valence-electron chi connectivity index (χ2n) is 10.3. The molecule has 2 aliphatic rings. The molecule has 32 heavy (non-hydrogen) atoms. The summed E-state index contributed by atoms with van der Waals surface area (Å²) in [5, 5.41) is 0. The van der Waals surface area contributed by atoms with Crippen molar-refractivity contribution in [2.45, 2.75) is 73.7 Å². The molecule has 2 aromatic carbocycles. The minimum absolute atomic E-state index is 0.226. The molecule has 2 atom stereocenters. The van der Waals surface area contributed by atoms with Crippen molar-refractivity contribution >= 4 is 35.1 Å². The molecule has 2 aromatic rings. The fraction of sp³-hybridized carbons (Fsp3) is 0.429. The van der Waals surface area contributed by atoms with Gasteiger partial charge in [0.1, 0.15) is 0 Å². The predicted octanol–water partition coefficient (Wildman–Crippen LogP) is 9.46. The first-order valence-corrected chi connectivity index (χ1v) is 27.9. The molecule has 0 bridgehead atoms. The van der Waals surface area contributed by atoms with Gasteiger partial charge in [0.15, 0.2) is 0 Å². The van der Waals surface area contributed by atoms with Gasteiger partial charge in [-0.2, -0.15) is 0 Å². The molecule has 4 rings (SSSR count). The van der Waals surface area contributed by atoms with Crippen molar-refractivity contribution in [1.82, 2.24) is 0 Å². The van der Waals surface area contributed by atoms with Gasteiger partial charge in [0, 0.05) is 0 Å². The van der Waals surface area contributed by atoms with E-state index in [0.29, 0.717) is 0 Å². The number of allylic oxidation sites excluding steroid dienone is 2. The Kier molecular flexibility index (Phi) is 6.95. The van der Waals surface area contributed by atoms with Crippen LogP contribution in [0.4, 0.5) is 0 Å². The van der Waals surface area contributed by atoms with Crippen molar-refractivity contribution in [2.75, 3.05) is 0 Å². The van der Waals surface area contributed by atoms with Gasteiger partial charge in [0.2, 0.25) is 0 Å². The number of hydrogen-bond acceptors (Lipinski definition) is 0. The maximum absolute atomic E-state index is 8.44. The van der Waals surface area contributed by atoms with E-state index >= 15 is 0 Å². The summed E-state index contributed by atoms with van der Waals surface area (Å²) in [6, 6.07) is 16.0. The zero-order valence-electron chi connectivity index (χ0n) is 20.4. The fourth-order valence-corrected chi connectivity index (χ4v) is 59.5. The van der Waals surface area contributed by atoms with Crippen LogP contribution in [0, 0.1) is 13.8 Å². The molecule has 0 spiro atoms. The molecular weight excluding hydrogens is 527 g/mol. The van der Waals surface area contributed by atoms with Gasteiger partial charge < -0.3 is 0 Å². The van der Waals surface area contributed by atoms with E-state index in [4.69, 9.17) is 17.0 Å². The second-order valence-corrected chi connectivity index (χ2v) is 50.6. The van der Waals surface area contributed by atoms with Crippen molar-refractivity contribution in [3.63, 3.8) is 0 Å². The molecule has 4 heteroatoms. The molecule has 0 aromatic heterocycles. The van der Waals surface area contributed by atoms with Crippen molar-refractivity contribution in [3.05, 3.63) is 80.9 Å². The van der Waals surface area contributed by atoms with Gasteiger partial charge >= 0.3 is 205 Å². The van der Waals surface area contributed by atoms with Gasteiger partial charge in [0.05, 0.1) is 0 Å². The Labute approximate surface area is 203 Å². The Morgan fingerprint density at radius 3 is 1.50 bits per heavy atom. The third-order valence-corrected chi connectivity index (χ3v) is 57.3. The first kappa shape index (κ1) is 24.7. The monoisotopic (exact) mass is 561 g/mol. The zero-order valence-corrected chi connectivity index (χ0v) is 25.6. The normalized spacial score (nSPS) is 21.1. The molecule has 2 unspecified atom stereocenters. The molecule has 0 fully saturated rings. The molecule has 0 N–H and O–H groups in total. The van der Waals surface area contributed by atoms with Crippen LogP contribution in [0.1, 0.15) is 81.2 Å². The summed E-state index contributed by atoms with van der Waals surface area (Å²) in [7, 11) is 16.9. The Bertz CT molecular complexity index is 1030. The standard InChI is InChI=1S/2C11H11.C6H15Si.2ClH.Zr/c2*1-8-6-10-5-3-4-9(2)11(10)7-8;1-3-5-7-6-4-2;;;/h2*3-7H,1-2H3;7H,3-6H2,1-2H3;2*1H;/q;;;;;+2/p-2. The van der Waals surface area contributed by atoms with Crippen LogP contribution in [0.15, 0.2) is 47.5 Å².